The second-order valence-electron chi connectivity index (χ2n) is 5.14. The third-order valence-corrected chi connectivity index (χ3v) is 3.41. The Kier molecular flexibility index (Phi) is 6.15. The second-order valence-corrected chi connectivity index (χ2v) is 5.14. The summed E-state index contributed by atoms with van der Waals surface area (Å²) >= 11 is 0. The quantitative estimate of drug-likeness (QED) is 0.675. The van der Waals surface area contributed by atoms with Crippen molar-refractivity contribution in [3.05, 3.63) is 53.6 Å². The molecular formula is C18H18N2O6. The number of hydrogen-bond donors (Lipinski definition) is 3. The summed E-state index contributed by atoms with van der Waals surface area (Å²) in [6.07, 6.45) is 0. The molecule has 0 fully saturated rings. The van der Waals surface area contributed by atoms with E-state index >= 15 is 0 Å². The highest BCUT2D eigenvalue weighted by molar-refractivity contribution is 5.99. The summed E-state index contributed by atoms with van der Waals surface area (Å²) in [4.78, 5) is 35.5. The van der Waals surface area contributed by atoms with Crippen molar-refractivity contribution in [1.29, 1.82) is 0 Å². The number of anilines is 1. The lowest BCUT2D eigenvalue weighted by Crippen LogP contribution is -2.22. The molecule has 2 aromatic carbocycles. The van der Waals surface area contributed by atoms with Crippen LogP contribution in [-0.4, -0.2) is 43.7 Å². The molecule has 0 atom stereocenters. The number of methoxy groups -OCH3 is 1. The summed E-state index contributed by atoms with van der Waals surface area (Å²) in [5, 5.41) is 14.9. The lowest BCUT2D eigenvalue weighted by molar-refractivity contribution is -0.119. The van der Waals surface area contributed by atoms with Crippen LogP contribution < -0.4 is 15.4 Å². The molecule has 0 aromatic heterocycles. The lowest BCUT2D eigenvalue weighted by atomic mass is 10.2. The van der Waals surface area contributed by atoms with Gasteiger partial charge >= 0.3 is 5.97 Å². The smallest absolute Gasteiger partial charge is 0.342 e. The standard InChI is InChI=1S/C18H18N2O6/c1-19-17(23)11-5-3-6-12(9-11)20-15(21)10-26-18(24)13-7-4-8-14(25-2)16(13)22/h3-9,22H,10H2,1-2H3,(H,19,23)(H,20,21). The largest absolute Gasteiger partial charge is 0.504 e. The van der Waals surface area contributed by atoms with E-state index in [1.807, 2.05) is 0 Å². The number of amides is 2. The van der Waals surface area contributed by atoms with E-state index in [4.69, 9.17) is 9.47 Å². The average Bonchev–Trinajstić information content (AvgIpc) is 2.65. The molecule has 0 aliphatic rings. The Morgan fingerprint density at radius 1 is 1.12 bits per heavy atom. The zero-order chi connectivity index (χ0) is 19.1. The molecule has 0 heterocycles. The summed E-state index contributed by atoms with van der Waals surface area (Å²) in [6.45, 7) is -0.556. The molecule has 0 aliphatic heterocycles. The van der Waals surface area contributed by atoms with Crippen LogP contribution in [0, 0.1) is 0 Å². The zero-order valence-corrected chi connectivity index (χ0v) is 14.2. The van der Waals surface area contributed by atoms with Gasteiger partial charge in [0.1, 0.15) is 5.56 Å². The van der Waals surface area contributed by atoms with Crippen LogP contribution in [0.25, 0.3) is 0 Å². The van der Waals surface area contributed by atoms with Gasteiger partial charge in [0.05, 0.1) is 7.11 Å². The zero-order valence-electron chi connectivity index (χ0n) is 14.2. The van der Waals surface area contributed by atoms with Gasteiger partial charge in [0, 0.05) is 18.3 Å². The van der Waals surface area contributed by atoms with Crippen molar-refractivity contribution in [3.8, 4) is 11.5 Å². The number of hydrogen-bond acceptors (Lipinski definition) is 6. The highest BCUT2D eigenvalue weighted by Gasteiger charge is 2.17. The Morgan fingerprint density at radius 2 is 1.85 bits per heavy atom. The van der Waals surface area contributed by atoms with Gasteiger partial charge in [-0.05, 0) is 30.3 Å². The molecule has 136 valence electrons. The number of phenols is 1. The van der Waals surface area contributed by atoms with Crippen LogP contribution in [0.15, 0.2) is 42.5 Å². The Balaban J connectivity index is 1.97. The monoisotopic (exact) mass is 358 g/mol. The third-order valence-electron chi connectivity index (χ3n) is 3.41. The highest BCUT2D eigenvalue weighted by Crippen LogP contribution is 2.29. The van der Waals surface area contributed by atoms with Crippen LogP contribution >= 0.6 is 0 Å². The molecule has 2 rings (SSSR count). The fraction of sp³-hybridized carbons (Fsp3) is 0.167. The average molecular weight is 358 g/mol. The first-order valence-electron chi connectivity index (χ1n) is 7.61. The number of carbonyl (C=O) groups is 3. The first kappa shape index (κ1) is 18.8. The van der Waals surface area contributed by atoms with E-state index in [2.05, 4.69) is 10.6 Å². The van der Waals surface area contributed by atoms with Crippen molar-refractivity contribution in [1.82, 2.24) is 5.32 Å². The summed E-state index contributed by atoms with van der Waals surface area (Å²) < 4.78 is 9.81. The number of ether oxygens (including phenoxy) is 2. The molecule has 0 radical (unpaired) electrons. The van der Waals surface area contributed by atoms with Crippen molar-refractivity contribution >= 4 is 23.5 Å². The van der Waals surface area contributed by atoms with Crippen molar-refractivity contribution in [2.75, 3.05) is 26.1 Å². The van der Waals surface area contributed by atoms with Gasteiger partial charge in [-0.25, -0.2) is 4.79 Å². The number of carbonyl (C=O) groups excluding carboxylic acids is 3. The predicted octanol–water partition coefficient (Wildman–Crippen LogP) is 1.56. The topological polar surface area (TPSA) is 114 Å². The molecule has 0 saturated heterocycles. The van der Waals surface area contributed by atoms with Gasteiger partial charge in [-0.15, -0.1) is 0 Å². The molecule has 2 aromatic rings. The first-order chi connectivity index (χ1) is 12.5. The number of para-hydroxylation sites is 1. The van der Waals surface area contributed by atoms with E-state index in [1.165, 1.54) is 38.4 Å². The second kappa shape index (κ2) is 8.52. The molecular weight excluding hydrogens is 340 g/mol. The van der Waals surface area contributed by atoms with Crippen LogP contribution in [0.4, 0.5) is 5.69 Å². The molecule has 3 N–H and O–H groups in total. The van der Waals surface area contributed by atoms with Crippen molar-refractivity contribution < 1.29 is 29.0 Å². The summed E-state index contributed by atoms with van der Waals surface area (Å²) in [6, 6.07) is 10.6. The number of benzene rings is 2. The lowest BCUT2D eigenvalue weighted by Gasteiger charge is -2.10. The molecule has 0 unspecified atom stereocenters. The SMILES string of the molecule is CNC(=O)c1cccc(NC(=O)COC(=O)c2cccc(OC)c2O)c1. The number of esters is 1. The normalized spacial score (nSPS) is 9.92. The maximum absolute atomic E-state index is 12.0. The summed E-state index contributed by atoms with van der Waals surface area (Å²) in [5.74, 6) is -1.99. The van der Waals surface area contributed by atoms with E-state index in [0.717, 1.165) is 0 Å². The van der Waals surface area contributed by atoms with Gasteiger partial charge in [0.15, 0.2) is 18.1 Å². The molecule has 8 nitrogen and oxygen atoms in total. The van der Waals surface area contributed by atoms with Gasteiger partial charge in [-0.2, -0.15) is 0 Å². The summed E-state index contributed by atoms with van der Waals surface area (Å²) in [5.41, 5.74) is 0.652. The predicted molar refractivity (Wildman–Crippen MR) is 93.4 cm³/mol. The number of nitrogens with one attached hydrogen (secondary N) is 2. The minimum absolute atomic E-state index is 0.112. The minimum Gasteiger partial charge on any atom is -0.504 e. The fourth-order valence-corrected chi connectivity index (χ4v) is 2.14. The number of phenolic OH excluding ortho intramolecular Hbond substituents is 1. The Hall–Kier alpha value is -3.55. The van der Waals surface area contributed by atoms with Gasteiger partial charge < -0.3 is 25.2 Å². The van der Waals surface area contributed by atoms with Gasteiger partial charge in [0.2, 0.25) is 0 Å². The molecule has 0 spiro atoms. The Labute approximate surface area is 149 Å². The number of aromatic hydroxyl groups is 1. The van der Waals surface area contributed by atoms with E-state index in [9.17, 15) is 19.5 Å². The van der Waals surface area contributed by atoms with Crippen LogP contribution in [0.1, 0.15) is 20.7 Å². The maximum Gasteiger partial charge on any atom is 0.342 e. The van der Waals surface area contributed by atoms with Gasteiger partial charge in [0.25, 0.3) is 11.8 Å². The molecule has 8 heteroatoms. The maximum atomic E-state index is 12.0. The first-order valence-corrected chi connectivity index (χ1v) is 7.61. The molecule has 26 heavy (non-hydrogen) atoms. The van der Waals surface area contributed by atoms with E-state index in [0.29, 0.717) is 11.3 Å². The molecule has 0 saturated carbocycles. The van der Waals surface area contributed by atoms with Crippen LogP contribution in [0.3, 0.4) is 0 Å². The van der Waals surface area contributed by atoms with Crippen LogP contribution in [0.2, 0.25) is 0 Å². The Morgan fingerprint density at radius 3 is 2.54 bits per heavy atom. The van der Waals surface area contributed by atoms with Crippen molar-refractivity contribution in [2.24, 2.45) is 0 Å². The number of rotatable bonds is 6. The Bertz CT molecular complexity index is 834. The van der Waals surface area contributed by atoms with E-state index in [1.54, 1.807) is 18.2 Å². The van der Waals surface area contributed by atoms with E-state index < -0.39 is 18.5 Å². The molecule has 2 amide bonds. The highest BCUT2D eigenvalue weighted by atomic mass is 16.5. The van der Waals surface area contributed by atoms with Crippen molar-refractivity contribution in [2.45, 2.75) is 0 Å². The fourth-order valence-electron chi connectivity index (χ4n) is 2.14. The third kappa shape index (κ3) is 4.50. The minimum atomic E-state index is -0.865. The van der Waals surface area contributed by atoms with Crippen molar-refractivity contribution in [3.63, 3.8) is 0 Å². The van der Waals surface area contributed by atoms with Gasteiger partial charge in [-0.1, -0.05) is 12.1 Å². The molecule has 0 aliphatic carbocycles. The van der Waals surface area contributed by atoms with Crippen LogP contribution in [-0.2, 0) is 9.53 Å². The summed E-state index contributed by atoms with van der Waals surface area (Å²) in [7, 11) is 2.85. The van der Waals surface area contributed by atoms with Gasteiger partial charge in [-0.3, -0.25) is 9.59 Å². The van der Waals surface area contributed by atoms with E-state index in [-0.39, 0.29) is 23.0 Å². The molecule has 0 bridgehead atoms. The van der Waals surface area contributed by atoms with Crippen LogP contribution in [0.5, 0.6) is 11.5 Å².